The molecule has 0 rings (SSSR count). The first kappa shape index (κ1) is 16.0. The Morgan fingerprint density at radius 2 is 1.14 bits per heavy atom. The minimum Gasteiger partial charge on any atom is -0.759 e. The van der Waals surface area contributed by atoms with Crippen LogP contribution in [-0.2, 0) is 10.4 Å². The van der Waals surface area contributed by atoms with Gasteiger partial charge in [0.05, 0.1) is 0 Å². The van der Waals surface area contributed by atoms with E-state index >= 15 is 0 Å². The number of hydrogen-bond donors (Lipinski definition) is 0. The molecule has 0 fully saturated rings. The van der Waals surface area contributed by atoms with Crippen LogP contribution in [0, 0.1) is 41.3 Å². The van der Waals surface area contributed by atoms with Crippen LogP contribution in [0.15, 0.2) is 0 Å². The van der Waals surface area contributed by atoms with Crippen molar-refractivity contribution in [2.75, 3.05) is 0 Å². The molecule has 0 aromatic carbocycles. The molecule has 0 atom stereocenters. The van der Waals surface area contributed by atoms with Crippen LogP contribution in [0.5, 0.6) is 0 Å². The molecule has 0 saturated carbocycles. The minimum atomic E-state index is -5.17. The second kappa shape index (κ2) is 6.12. The molecule has 0 aliphatic rings. The molecule has 0 heterocycles. The number of hydrogen-bond acceptors (Lipinski definition) is 4. The monoisotopic (exact) mass is 261 g/mol. The maximum Gasteiger partial charge on any atom is 2.00 e. The maximum absolute atomic E-state index is 8.52. The van der Waals surface area contributed by atoms with Crippen molar-refractivity contribution in [3.63, 3.8) is 0 Å². The molecule has 0 aromatic rings. The van der Waals surface area contributed by atoms with Crippen LogP contribution in [-0.4, -0.2) is 40.6 Å². The van der Waals surface area contributed by atoms with Crippen LogP contribution in [0.4, 0.5) is 0 Å². The third-order valence-electron chi connectivity index (χ3n) is 0. The van der Waals surface area contributed by atoms with Crippen molar-refractivity contribution >= 4 is 33.5 Å². The first-order valence-electron chi connectivity index (χ1n) is 0.667. The summed E-state index contributed by atoms with van der Waals surface area (Å²) in [7, 11) is -5.17. The van der Waals surface area contributed by atoms with Gasteiger partial charge in [-0.05, 0) is 0 Å². The Labute approximate surface area is 90.7 Å². The molecule has 0 bridgehead atoms. The van der Waals surface area contributed by atoms with Crippen LogP contribution in [0.3, 0.4) is 0 Å². The van der Waals surface area contributed by atoms with Crippen LogP contribution >= 0.6 is 0 Å². The van der Waals surface area contributed by atoms with Crippen molar-refractivity contribution < 1.29 is 58.8 Å². The first-order chi connectivity index (χ1) is 2.00. The molecule has 4 nitrogen and oxygen atoms in total. The summed E-state index contributed by atoms with van der Waals surface area (Å²) < 4.78 is 34.1. The van der Waals surface area contributed by atoms with E-state index in [1.165, 1.54) is 0 Å². The molecule has 0 aliphatic carbocycles. The summed E-state index contributed by atoms with van der Waals surface area (Å²) in [6.07, 6.45) is 0. The van der Waals surface area contributed by atoms with Gasteiger partial charge in [-0.3, -0.25) is 8.42 Å². The molecule has 0 N–H and O–H groups in total. The molecule has 0 aromatic heterocycles. The zero-order valence-corrected chi connectivity index (χ0v) is 9.26. The molecule has 0 saturated heterocycles. The third kappa shape index (κ3) is 72.0. The second-order valence-electron chi connectivity index (χ2n) is 0.408. The van der Waals surface area contributed by atoms with E-state index in [-0.39, 0.29) is 64.3 Å². The summed E-state index contributed by atoms with van der Waals surface area (Å²) >= 11 is 0. The van der Waals surface area contributed by atoms with Crippen LogP contribution in [0.2, 0.25) is 0 Å². The third-order valence-corrected chi connectivity index (χ3v) is 0. The van der Waals surface area contributed by atoms with E-state index in [0.29, 0.717) is 0 Å². The van der Waals surface area contributed by atoms with Crippen LogP contribution < -0.4 is 0 Å². The van der Waals surface area contributed by atoms with Gasteiger partial charge in [0.2, 0.25) is 0 Å². The molecule has 35 valence electrons. The van der Waals surface area contributed by atoms with Crippen molar-refractivity contribution in [2.24, 2.45) is 0 Å². The second-order valence-corrected chi connectivity index (χ2v) is 1.22. The fourth-order valence-electron chi connectivity index (χ4n) is 0. The van der Waals surface area contributed by atoms with Crippen molar-refractivity contribution in [1.82, 2.24) is 0 Å². The Hall–Kier alpha value is 2.00. The quantitative estimate of drug-likeness (QED) is 0.295. The maximum atomic E-state index is 8.52. The average Bonchev–Trinajstić information content (AvgIpc) is 0.722. The predicted molar refractivity (Wildman–Crippen MR) is 16.2 cm³/mol. The standard InChI is InChI=1S/Mg.H2O4S.Pr/c;1-5(2,3)4;/h;(H2,1,2,3,4);/q+2;;/p-2. The molecule has 0 spiro atoms. The van der Waals surface area contributed by atoms with E-state index in [9.17, 15) is 0 Å². The normalized spacial score (nSPS) is 8.29. The van der Waals surface area contributed by atoms with Gasteiger partial charge in [0.1, 0.15) is 0 Å². The van der Waals surface area contributed by atoms with Crippen molar-refractivity contribution in [3.05, 3.63) is 0 Å². The van der Waals surface area contributed by atoms with Gasteiger partial charge in [-0.1, -0.05) is 0 Å². The summed E-state index contributed by atoms with van der Waals surface area (Å²) in [6, 6.07) is 0. The largest absolute Gasteiger partial charge is 2.00 e. The summed E-state index contributed by atoms with van der Waals surface area (Å²) in [5, 5.41) is 0. The molecular weight excluding hydrogens is 261 g/mol. The Bertz CT molecular complexity index is 94.9. The molecule has 7 heavy (non-hydrogen) atoms. The van der Waals surface area contributed by atoms with Gasteiger partial charge in [-0.25, -0.2) is 0 Å². The van der Waals surface area contributed by atoms with Crippen LogP contribution in [0.25, 0.3) is 0 Å². The smallest absolute Gasteiger partial charge is 0.759 e. The van der Waals surface area contributed by atoms with E-state index in [1.807, 2.05) is 0 Å². The topological polar surface area (TPSA) is 80.3 Å². The molecule has 7 heteroatoms. The van der Waals surface area contributed by atoms with Crippen molar-refractivity contribution in [2.45, 2.75) is 0 Å². The van der Waals surface area contributed by atoms with Gasteiger partial charge < -0.3 is 9.11 Å². The van der Waals surface area contributed by atoms with E-state index in [2.05, 4.69) is 0 Å². The van der Waals surface area contributed by atoms with Gasteiger partial charge in [-0.2, -0.15) is 0 Å². The Kier molecular flexibility index (Phi) is 14.0. The zero-order valence-electron chi connectivity index (χ0n) is 3.33. The number of rotatable bonds is 0. The van der Waals surface area contributed by atoms with Gasteiger partial charge >= 0.3 is 23.1 Å². The van der Waals surface area contributed by atoms with E-state index in [0.717, 1.165) is 0 Å². The van der Waals surface area contributed by atoms with E-state index < -0.39 is 10.4 Å². The minimum absolute atomic E-state index is 0. The summed E-state index contributed by atoms with van der Waals surface area (Å²) in [6.45, 7) is 0. The Morgan fingerprint density at radius 3 is 1.14 bits per heavy atom. The van der Waals surface area contributed by atoms with Crippen molar-refractivity contribution in [1.29, 1.82) is 0 Å². The Morgan fingerprint density at radius 1 is 1.14 bits per heavy atom. The summed E-state index contributed by atoms with van der Waals surface area (Å²) in [5.74, 6) is 0. The molecule has 0 unspecified atom stereocenters. The summed E-state index contributed by atoms with van der Waals surface area (Å²) in [5.41, 5.74) is 0. The van der Waals surface area contributed by atoms with Gasteiger partial charge in [0, 0.05) is 51.7 Å². The van der Waals surface area contributed by atoms with Gasteiger partial charge in [0.15, 0.2) is 0 Å². The molecule has 0 amide bonds. The molecule has 1 radical (unpaired) electrons. The summed E-state index contributed by atoms with van der Waals surface area (Å²) in [4.78, 5) is 0. The van der Waals surface area contributed by atoms with E-state index in [1.54, 1.807) is 0 Å². The van der Waals surface area contributed by atoms with Crippen LogP contribution in [0.1, 0.15) is 0 Å². The fourth-order valence-corrected chi connectivity index (χ4v) is 0. The SMILES string of the molecule is O=S(=O)([O-])[O-].[Mg+2].[Pr]. The molecular formula is MgO4PrS. The predicted octanol–water partition coefficient (Wildman–Crippen LogP) is -1.72. The zero-order chi connectivity index (χ0) is 4.50. The first-order valence-corrected chi connectivity index (χ1v) is 2.00. The van der Waals surface area contributed by atoms with E-state index in [4.69, 9.17) is 17.5 Å². The molecule has 0 aliphatic heterocycles. The Balaban J connectivity index is -0.0000000800. The van der Waals surface area contributed by atoms with Gasteiger partial charge in [-0.15, -0.1) is 0 Å². The average molecular weight is 261 g/mol. The van der Waals surface area contributed by atoms with Gasteiger partial charge in [0.25, 0.3) is 0 Å². The van der Waals surface area contributed by atoms with Crippen molar-refractivity contribution in [3.8, 4) is 0 Å². The fraction of sp³-hybridized carbons (Fsp3) is 0.